The van der Waals surface area contributed by atoms with Crippen LogP contribution in [-0.4, -0.2) is 48.6 Å². The Morgan fingerprint density at radius 2 is 1.86 bits per heavy atom. The number of aromatic nitrogens is 3. The molecule has 192 valence electrons. The van der Waals surface area contributed by atoms with E-state index in [4.69, 9.17) is 14.2 Å². The van der Waals surface area contributed by atoms with Gasteiger partial charge in [-0.05, 0) is 51.6 Å². The highest BCUT2D eigenvalue weighted by Gasteiger charge is 2.48. The molecule has 36 heavy (non-hydrogen) atoms. The van der Waals surface area contributed by atoms with Gasteiger partial charge in [-0.1, -0.05) is 0 Å². The van der Waals surface area contributed by atoms with Crippen LogP contribution in [0.5, 0.6) is 11.5 Å². The van der Waals surface area contributed by atoms with Gasteiger partial charge in [0.2, 0.25) is 0 Å². The van der Waals surface area contributed by atoms with Crippen LogP contribution < -0.4 is 14.8 Å². The van der Waals surface area contributed by atoms with Gasteiger partial charge in [0.15, 0.2) is 11.5 Å². The Labute approximate surface area is 206 Å². The highest BCUT2D eigenvalue weighted by atomic mass is 19.4. The SMILES string of the molecule is C=Nc1cc(CNc2nc(C)nc3cc(OC)c(OCC4(C(C)OC)CC4)cc23)nc(C(F)(F)F)c1. The molecule has 1 atom stereocenters. The molecule has 3 aromatic rings. The van der Waals surface area contributed by atoms with E-state index in [0.717, 1.165) is 18.9 Å². The number of methoxy groups -OCH3 is 2. The zero-order valence-corrected chi connectivity index (χ0v) is 20.6. The lowest BCUT2D eigenvalue weighted by atomic mass is 10.0. The van der Waals surface area contributed by atoms with E-state index in [-0.39, 0.29) is 29.4 Å². The van der Waals surface area contributed by atoms with Gasteiger partial charge in [0, 0.05) is 24.0 Å². The number of aliphatic imine (C=N–C) groups is 1. The Morgan fingerprint density at radius 3 is 2.47 bits per heavy atom. The van der Waals surface area contributed by atoms with Crippen LogP contribution in [0.4, 0.5) is 24.7 Å². The van der Waals surface area contributed by atoms with Crippen LogP contribution in [-0.2, 0) is 17.5 Å². The first-order chi connectivity index (χ1) is 17.1. The molecule has 8 nitrogen and oxygen atoms in total. The molecule has 0 aliphatic heterocycles. The number of anilines is 1. The Hall–Kier alpha value is -3.47. The van der Waals surface area contributed by atoms with Gasteiger partial charge in [-0.3, -0.25) is 4.99 Å². The first-order valence-electron chi connectivity index (χ1n) is 11.4. The van der Waals surface area contributed by atoms with Crippen LogP contribution >= 0.6 is 0 Å². The number of aryl methyl sites for hydroxylation is 1. The number of hydrogen-bond donors (Lipinski definition) is 1. The Morgan fingerprint density at radius 1 is 1.11 bits per heavy atom. The molecular weight excluding hydrogens is 475 g/mol. The van der Waals surface area contributed by atoms with Crippen molar-refractivity contribution in [2.75, 3.05) is 26.1 Å². The molecule has 1 fully saturated rings. The fourth-order valence-electron chi connectivity index (χ4n) is 4.03. The highest BCUT2D eigenvalue weighted by Crippen LogP contribution is 2.50. The zero-order valence-electron chi connectivity index (χ0n) is 20.6. The quantitative estimate of drug-likeness (QED) is 0.366. The normalized spacial score (nSPS) is 15.4. The molecular formula is C25H28F3N5O3. The molecule has 1 saturated carbocycles. The second-order valence-electron chi connectivity index (χ2n) is 8.88. The molecule has 11 heteroatoms. The van der Waals surface area contributed by atoms with E-state index in [1.807, 2.05) is 6.92 Å². The van der Waals surface area contributed by atoms with Crippen LogP contribution in [0.2, 0.25) is 0 Å². The maximum absolute atomic E-state index is 13.3. The van der Waals surface area contributed by atoms with E-state index < -0.39 is 11.9 Å². The van der Waals surface area contributed by atoms with Gasteiger partial charge in [-0.15, -0.1) is 0 Å². The molecule has 1 unspecified atom stereocenters. The molecule has 2 aromatic heterocycles. The minimum Gasteiger partial charge on any atom is -0.493 e. The number of nitrogens with zero attached hydrogens (tertiary/aromatic N) is 4. The Bertz CT molecular complexity index is 1280. The lowest BCUT2D eigenvalue weighted by Gasteiger charge is -2.23. The topological polar surface area (TPSA) is 90.8 Å². The number of ether oxygens (including phenoxy) is 3. The number of nitrogens with one attached hydrogen (secondary N) is 1. The summed E-state index contributed by atoms with van der Waals surface area (Å²) in [6, 6.07) is 5.83. The maximum Gasteiger partial charge on any atom is 0.433 e. The lowest BCUT2D eigenvalue weighted by molar-refractivity contribution is -0.141. The van der Waals surface area contributed by atoms with Gasteiger partial charge in [0.1, 0.15) is 17.3 Å². The minimum atomic E-state index is -4.60. The summed E-state index contributed by atoms with van der Waals surface area (Å²) in [6.07, 6.45) is -2.52. The van der Waals surface area contributed by atoms with Crippen LogP contribution in [0.15, 0.2) is 29.3 Å². The van der Waals surface area contributed by atoms with E-state index >= 15 is 0 Å². The summed E-state index contributed by atoms with van der Waals surface area (Å²) in [5.41, 5.74) is -0.242. The van der Waals surface area contributed by atoms with Crippen LogP contribution in [0.1, 0.15) is 37.0 Å². The second-order valence-corrected chi connectivity index (χ2v) is 8.88. The third kappa shape index (κ3) is 5.35. The highest BCUT2D eigenvalue weighted by molar-refractivity contribution is 5.91. The van der Waals surface area contributed by atoms with E-state index in [1.165, 1.54) is 6.07 Å². The summed E-state index contributed by atoms with van der Waals surface area (Å²) in [5.74, 6) is 1.96. The number of benzene rings is 1. The third-order valence-electron chi connectivity index (χ3n) is 6.49. The number of alkyl halides is 3. The molecule has 1 aromatic carbocycles. The summed E-state index contributed by atoms with van der Waals surface area (Å²) >= 11 is 0. The predicted octanol–water partition coefficient (Wildman–Crippen LogP) is 5.50. The number of halogens is 3. The van der Waals surface area contributed by atoms with Gasteiger partial charge in [0.25, 0.3) is 0 Å². The number of pyridine rings is 1. The summed E-state index contributed by atoms with van der Waals surface area (Å²) in [5, 5.41) is 3.73. The van der Waals surface area contributed by atoms with Crippen molar-refractivity contribution in [1.29, 1.82) is 0 Å². The monoisotopic (exact) mass is 503 g/mol. The fourth-order valence-corrected chi connectivity index (χ4v) is 4.03. The lowest BCUT2D eigenvalue weighted by Crippen LogP contribution is -2.27. The molecule has 0 saturated heterocycles. The van der Waals surface area contributed by atoms with Gasteiger partial charge < -0.3 is 19.5 Å². The average molecular weight is 504 g/mol. The first kappa shape index (κ1) is 25.6. The van der Waals surface area contributed by atoms with Crippen molar-refractivity contribution < 1.29 is 27.4 Å². The van der Waals surface area contributed by atoms with Crippen LogP contribution in [0, 0.1) is 12.3 Å². The molecule has 1 N–H and O–H groups in total. The van der Waals surface area contributed by atoms with E-state index in [9.17, 15) is 13.2 Å². The largest absolute Gasteiger partial charge is 0.493 e. The zero-order chi connectivity index (χ0) is 26.1. The van der Waals surface area contributed by atoms with Crippen molar-refractivity contribution in [2.45, 2.75) is 45.5 Å². The van der Waals surface area contributed by atoms with Crippen molar-refractivity contribution in [1.82, 2.24) is 15.0 Å². The van der Waals surface area contributed by atoms with Gasteiger partial charge in [-0.2, -0.15) is 13.2 Å². The van der Waals surface area contributed by atoms with Crippen LogP contribution in [0.3, 0.4) is 0 Å². The Balaban J connectivity index is 1.64. The predicted molar refractivity (Wildman–Crippen MR) is 130 cm³/mol. The molecule has 0 bridgehead atoms. The van der Waals surface area contributed by atoms with E-state index in [0.29, 0.717) is 40.7 Å². The number of fused-ring (bicyclic) bond motifs is 1. The van der Waals surface area contributed by atoms with E-state index in [1.54, 1.807) is 33.3 Å². The van der Waals surface area contributed by atoms with Gasteiger partial charge >= 0.3 is 6.18 Å². The first-order valence-corrected chi connectivity index (χ1v) is 11.4. The minimum absolute atomic E-state index is 0.0192. The maximum atomic E-state index is 13.3. The number of rotatable bonds is 10. The van der Waals surface area contributed by atoms with Crippen molar-refractivity contribution in [2.24, 2.45) is 10.4 Å². The number of hydrogen-bond acceptors (Lipinski definition) is 8. The molecule has 0 spiro atoms. The molecule has 4 rings (SSSR count). The molecule has 2 heterocycles. The van der Waals surface area contributed by atoms with Crippen molar-refractivity contribution in [3.8, 4) is 11.5 Å². The van der Waals surface area contributed by atoms with Crippen molar-refractivity contribution in [3.63, 3.8) is 0 Å². The Kier molecular flexibility index (Phi) is 7.03. The van der Waals surface area contributed by atoms with Crippen molar-refractivity contribution in [3.05, 3.63) is 41.5 Å². The van der Waals surface area contributed by atoms with Crippen molar-refractivity contribution >= 4 is 29.1 Å². The summed E-state index contributed by atoms with van der Waals surface area (Å²) in [6.45, 7) is 7.53. The summed E-state index contributed by atoms with van der Waals surface area (Å²) in [4.78, 5) is 16.3. The van der Waals surface area contributed by atoms with E-state index in [2.05, 4.69) is 32.0 Å². The molecule has 0 radical (unpaired) electrons. The van der Waals surface area contributed by atoms with Gasteiger partial charge in [0.05, 0.1) is 43.3 Å². The van der Waals surface area contributed by atoms with Gasteiger partial charge in [-0.25, -0.2) is 15.0 Å². The second kappa shape index (κ2) is 9.88. The standard InChI is InChI=1S/C25H28F3N5O3/c1-14(34-4)24(6-7-24)13-36-21-10-18-19(11-20(21)35-5)31-15(2)32-23(18)30-12-17-8-16(29-3)9-22(33-17)25(26,27)28/h8-11,14H,3,6-7,12-13H2,1-2,4-5H3,(H,30,31,32). The van der Waals surface area contributed by atoms with Crippen LogP contribution in [0.25, 0.3) is 10.9 Å². The average Bonchev–Trinajstić information content (AvgIpc) is 3.65. The summed E-state index contributed by atoms with van der Waals surface area (Å²) in [7, 11) is 3.24. The molecule has 1 aliphatic rings. The summed E-state index contributed by atoms with van der Waals surface area (Å²) < 4.78 is 57.0. The third-order valence-corrected chi connectivity index (χ3v) is 6.49. The fraction of sp³-hybridized carbons (Fsp3) is 0.440. The molecule has 1 aliphatic carbocycles. The smallest absolute Gasteiger partial charge is 0.433 e. The molecule has 0 amide bonds.